The van der Waals surface area contributed by atoms with Gasteiger partial charge in [0.25, 0.3) is 5.56 Å². The second kappa shape index (κ2) is 15.4. The maximum atomic E-state index is 15.1. The highest BCUT2D eigenvalue weighted by Gasteiger charge is 2.26. The molecule has 0 fully saturated rings. The van der Waals surface area contributed by atoms with E-state index in [-0.39, 0.29) is 24.5 Å². The Morgan fingerprint density at radius 1 is 0.902 bits per heavy atom. The van der Waals surface area contributed by atoms with Crippen molar-refractivity contribution in [3.8, 4) is 27.6 Å². The number of benzene rings is 4. The summed E-state index contributed by atoms with van der Waals surface area (Å²) in [6.45, 7) is 0.561. The summed E-state index contributed by atoms with van der Waals surface area (Å²) in [6.07, 6.45) is 0.181. The number of aromatic nitrogens is 2. The Labute approximate surface area is 294 Å². The number of amides is 1. The van der Waals surface area contributed by atoms with E-state index in [1.807, 2.05) is 68.7 Å². The molecule has 3 N–H and O–H groups in total. The topological polar surface area (TPSA) is 127 Å². The lowest BCUT2D eigenvalue weighted by atomic mass is 10.1. The van der Waals surface area contributed by atoms with Gasteiger partial charge in [0.15, 0.2) is 11.5 Å². The van der Waals surface area contributed by atoms with Crippen LogP contribution >= 0.6 is 11.3 Å². The number of carbonyl (C=O) groups is 1. The fourth-order valence-electron chi connectivity index (χ4n) is 5.89. The van der Waals surface area contributed by atoms with E-state index in [2.05, 4.69) is 10.2 Å². The minimum atomic E-state index is -0.784. The summed E-state index contributed by atoms with van der Waals surface area (Å²) in [5.41, 5.74) is 3.53. The SMILES string of the molecule is CNc1ccc(-c2sc3c(c2CN(C)Cc2ccccc2)c(=O)n(-c2ccc4c(c2)OCO4)c(=O)n3Cc2c(F)cccc2F)cc1.O=CNO. The third-order valence-corrected chi connectivity index (χ3v) is 9.58. The molecule has 0 aliphatic carbocycles. The number of ether oxygens (including phenoxy) is 2. The van der Waals surface area contributed by atoms with Crippen molar-refractivity contribution in [3.05, 3.63) is 140 Å². The van der Waals surface area contributed by atoms with Gasteiger partial charge < -0.3 is 14.8 Å². The standard InChI is InChI=1S/C36H30F2N4O4S.CH3NO2/c1-39-24-13-11-23(12-14-24)33-27(19-40(2)18-22-7-4-3-5-8-22)32-34(43)42(25-15-16-30-31(17-25)46-21-45-30)36(44)41(35(32)47-33)20-26-28(37)9-6-10-29(26)38;3-1-2-4/h3-17,39H,18-21H2,1-2H3;1,4H,(H,2,3). The summed E-state index contributed by atoms with van der Waals surface area (Å²) in [4.78, 5) is 41.0. The number of halogens is 2. The summed E-state index contributed by atoms with van der Waals surface area (Å²) in [5.74, 6) is -0.692. The van der Waals surface area contributed by atoms with Crippen molar-refractivity contribution in [2.45, 2.75) is 19.6 Å². The minimum Gasteiger partial charge on any atom is -0.454 e. The molecular formula is C37H33F2N5O6S. The normalized spacial score (nSPS) is 11.7. The molecule has 0 saturated carbocycles. The Hall–Kier alpha value is -5.83. The van der Waals surface area contributed by atoms with Crippen molar-refractivity contribution in [1.29, 1.82) is 0 Å². The van der Waals surface area contributed by atoms with Gasteiger partial charge in [-0.05, 0) is 60.1 Å². The van der Waals surface area contributed by atoms with Crippen molar-refractivity contribution in [1.82, 2.24) is 19.5 Å². The number of fused-ring (bicyclic) bond motifs is 2. The summed E-state index contributed by atoms with van der Waals surface area (Å²) >= 11 is 1.26. The molecule has 6 aromatic rings. The van der Waals surface area contributed by atoms with Crippen molar-refractivity contribution in [3.63, 3.8) is 0 Å². The van der Waals surface area contributed by atoms with Gasteiger partial charge in [-0.3, -0.25) is 24.3 Å². The molecule has 0 bridgehead atoms. The van der Waals surface area contributed by atoms with E-state index in [1.165, 1.54) is 27.5 Å². The molecule has 0 atom stereocenters. The van der Waals surface area contributed by atoms with Gasteiger partial charge in [0.05, 0.1) is 17.6 Å². The minimum absolute atomic E-state index is 0.0155. The van der Waals surface area contributed by atoms with Gasteiger partial charge in [-0.2, -0.15) is 0 Å². The highest BCUT2D eigenvalue weighted by atomic mass is 32.1. The molecule has 262 valence electrons. The fourth-order valence-corrected chi connectivity index (χ4v) is 7.20. The monoisotopic (exact) mass is 713 g/mol. The van der Waals surface area contributed by atoms with Crippen LogP contribution in [-0.2, 0) is 24.4 Å². The predicted octanol–water partition coefficient (Wildman–Crippen LogP) is 5.73. The highest BCUT2D eigenvalue weighted by molar-refractivity contribution is 7.22. The number of hydroxylamine groups is 1. The number of nitrogens with one attached hydrogen (secondary N) is 2. The summed E-state index contributed by atoms with van der Waals surface area (Å²) in [5, 5.41) is 10.7. The molecule has 2 aromatic heterocycles. The van der Waals surface area contributed by atoms with Gasteiger partial charge in [-0.15, -0.1) is 11.3 Å². The van der Waals surface area contributed by atoms with Gasteiger partial charge in [0.1, 0.15) is 16.5 Å². The Morgan fingerprint density at radius 3 is 2.25 bits per heavy atom. The van der Waals surface area contributed by atoms with Gasteiger partial charge in [-0.25, -0.2) is 23.6 Å². The summed E-state index contributed by atoms with van der Waals surface area (Å²) < 4.78 is 43.4. The molecule has 1 aliphatic rings. The van der Waals surface area contributed by atoms with Gasteiger partial charge in [0.2, 0.25) is 13.2 Å². The Balaban J connectivity index is 0.00000107. The van der Waals surface area contributed by atoms with Crippen LogP contribution in [-0.4, -0.2) is 46.5 Å². The Bertz CT molecular complexity index is 2290. The van der Waals surface area contributed by atoms with Gasteiger partial charge in [0, 0.05) is 42.3 Å². The first kappa shape index (κ1) is 35.0. The van der Waals surface area contributed by atoms with Crippen molar-refractivity contribution in [2.75, 3.05) is 26.2 Å². The van der Waals surface area contributed by atoms with Crippen LogP contribution in [0.1, 0.15) is 16.7 Å². The summed E-state index contributed by atoms with van der Waals surface area (Å²) in [7, 11) is 3.79. The van der Waals surface area contributed by atoms with Crippen LogP contribution in [0.15, 0.2) is 101 Å². The predicted molar refractivity (Wildman–Crippen MR) is 191 cm³/mol. The van der Waals surface area contributed by atoms with E-state index in [1.54, 1.807) is 18.2 Å². The maximum Gasteiger partial charge on any atom is 0.337 e. The molecule has 11 nitrogen and oxygen atoms in total. The zero-order valence-electron chi connectivity index (χ0n) is 27.6. The number of nitrogens with zero attached hydrogens (tertiary/aromatic N) is 3. The average Bonchev–Trinajstić information content (AvgIpc) is 3.76. The third-order valence-electron chi connectivity index (χ3n) is 8.28. The van der Waals surface area contributed by atoms with E-state index < -0.39 is 29.4 Å². The van der Waals surface area contributed by atoms with Gasteiger partial charge >= 0.3 is 5.69 Å². The molecule has 4 aromatic carbocycles. The van der Waals surface area contributed by atoms with Crippen molar-refractivity contribution >= 4 is 33.7 Å². The molecule has 1 aliphatic heterocycles. The zero-order chi connectivity index (χ0) is 36.1. The molecular weight excluding hydrogens is 680 g/mol. The molecule has 14 heteroatoms. The quantitative estimate of drug-likeness (QED) is 0.0934. The number of carbonyl (C=O) groups excluding carboxylic acids is 1. The van der Waals surface area contributed by atoms with Crippen LogP contribution in [0.4, 0.5) is 14.5 Å². The molecule has 1 amide bonds. The molecule has 3 heterocycles. The van der Waals surface area contributed by atoms with E-state index >= 15 is 8.78 Å². The smallest absolute Gasteiger partial charge is 0.337 e. The number of thiophene rings is 1. The second-order valence-electron chi connectivity index (χ2n) is 11.6. The molecule has 0 radical (unpaired) electrons. The van der Waals surface area contributed by atoms with Crippen LogP contribution in [0.25, 0.3) is 26.3 Å². The maximum absolute atomic E-state index is 15.1. The molecule has 51 heavy (non-hydrogen) atoms. The van der Waals surface area contributed by atoms with Crippen LogP contribution in [0.2, 0.25) is 0 Å². The van der Waals surface area contributed by atoms with Crippen LogP contribution in [0.5, 0.6) is 11.5 Å². The molecule has 0 saturated heterocycles. The second-order valence-corrected chi connectivity index (χ2v) is 12.6. The van der Waals surface area contributed by atoms with E-state index in [9.17, 15) is 9.59 Å². The lowest BCUT2D eigenvalue weighted by Crippen LogP contribution is -2.39. The van der Waals surface area contributed by atoms with Crippen LogP contribution in [0.3, 0.4) is 0 Å². The zero-order valence-corrected chi connectivity index (χ0v) is 28.4. The van der Waals surface area contributed by atoms with Crippen molar-refractivity contribution < 1.29 is 28.3 Å². The Morgan fingerprint density at radius 2 is 1.59 bits per heavy atom. The fraction of sp³-hybridized carbons (Fsp3) is 0.162. The van der Waals surface area contributed by atoms with Crippen LogP contribution < -0.4 is 31.5 Å². The van der Waals surface area contributed by atoms with Crippen LogP contribution in [0, 0.1) is 11.6 Å². The van der Waals surface area contributed by atoms with E-state index in [4.69, 9.17) is 19.5 Å². The first-order chi connectivity index (χ1) is 24.7. The Kier molecular flexibility index (Phi) is 10.6. The molecule has 0 spiro atoms. The van der Waals surface area contributed by atoms with Gasteiger partial charge in [-0.1, -0.05) is 48.5 Å². The summed E-state index contributed by atoms with van der Waals surface area (Å²) in [6, 6.07) is 26.1. The van der Waals surface area contributed by atoms with E-state index in [0.717, 1.165) is 38.4 Å². The first-order valence-corrected chi connectivity index (χ1v) is 16.5. The lowest BCUT2D eigenvalue weighted by molar-refractivity contribution is -0.116. The highest BCUT2D eigenvalue weighted by Crippen LogP contribution is 2.39. The number of hydrogen-bond acceptors (Lipinski definition) is 9. The number of hydrogen-bond donors (Lipinski definition) is 3. The number of anilines is 1. The largest absolute Gasteiger partial charge is 0.454 e. The van der Waals surface area contributed by atoms with Crippen molar-refractivity contribution in [2.24, 2.45) is 0 Å². The lowest BCUT2D eigenvalue weighted by Gasteiger charge is -2.18. The molecule has 7 rings (SSSR count). The van der Waals surface area contributed by atoms with E-state index in [0.29, 0.717) is 40.4 Å². The first-order valence-electron chi connectivity index (χ1n) is 15.7. The number of rotatable bonds is 10. The average molecular weight is 714 g/mol. The molecule has 0 unspecified atom stereocenters. The third kappa shape index (κ3) is 7.24.